The van der Waals surface area contributed by atoms with Gasteiger partial charge in [-0.05, 0) is 25.1 Å². The van der Waals surface area contributed by atoms with Crippen LogP contribution >= 0.6 is 24.0 Å². The van der Waals surface area contributed by atoms with Gasteiger partial charge in [0, 0.05) is 52.0 Å². The molecule has 1 aliphatic heterocycles. The van der Waals surface area contributed by atoms with Crippen LogP contribution in [0.2, 0.25) is 0 Å². The van der Waals surface area contributed by atoms with Crippen molar-refractivity contribution in [2.75, 3.05) is 57.8 Å². The molecule has 1 aromatic carbocycles. The molecule has 0 spiro atoms. The summed E-state index contributed by atoms with van der Waals surface area (Å²) in [4.78, 5) is 8.75. The van der Waals surface area contributed by atoms with E-state index in [4.69, 9.17) is 0 Å². The van der Waals surface area contributed by atoms with E-state index in [9.17, 15) is 13.2 Å². The van der Waals surface area contributed by atoms with Crippen LogP contribution in [0.5, 0.6) is 0 Å². The first-order valence-electron chi connectivity index (χ1n) is 9.01. The molecule has 154 valence electrons. The molecule has 1 saturated heterocycles. The second-order valence-corrected chi connectivity index (χ2v) is 6.31. The number of para-hydroxylation sites is 1. The Morgan fingerprint density at radius 3 is 2.26 bits per heavy atom. The molecule has 0 aromatic heterocycles. The first-order valence-corrected chi connectivity index (χ1v) is 9.01. The third-order valence-electron chi connectivity index (χ3n) is 4.36. The topological polar surface area (TPSA) is 42.9 Å². The highest BCUT2D eigenvalue weighted by Gasteiger charge is 2.26. The van der Waals surface area contributed by atoms with Crippen molar-refractivity contribution in [1.82, 2.24) is 15.5 Å². The highest BCUT2D eigenvalue weighted by atomic mass is 127. The lowest BCUT2D eigenvalue weighted by molar-refractivity contribution is -0.132. The summed E-state index contributed by atoms with van der Waals surface area (Å²) in [6, 6.07) is 10.4. The average molecular weight is 499 g/mol. The van der Waals surface area contributed by atoms with Crippen LogP contribution in [0.15, 0.2) is 35.3 Å². The first kappa shape index (κ1) is 23.8. The smallest absolute Gasteiger partial charge is 0.369 e. The second-order valence-electron chi connectivity index (χ2n) is 6.31. The minimum atomic E-state index is -4.15. The number of piperazine rings is 1. The number of halogens is 4. The maximum absolute atomic E-state index is 12.1. The van der Waals surface area contributed by atoms with E-state index in [2.05, 4.69) is 49.7 Å². The van der Waals surface area contributed by atoms with Gasteiger partial charge in [0.15, 0.2) is 5.96 Å². The number of hydrogen-bond donors (Lipinski definition) is 2. The fraction of sp³-hybridized carbons (Fsp3) is 0.611. The molecule has 27 heavy (non-hydrogen) atoms. The van der Waals surface area contributed by atoms with Crippen molar-refractivity contribution < 1.29 is 13.2 Å². The van der Waals surface area contributed by atoms with Crippen LogP contribution in [-0.2, 0) is 0 Å². The van der Waals surface area contributed by atoms with Crippen LogP contribution in [0.25, 0.3) is 0 Å². The molecule has 2 N–H and O–H groups in total. The second kappa shape index (κ2) is 12.3. The largest absolute Gasteiger partial charge is 0.390 e. The quantitative estimate of drug-likeness (QED) is 0.262. The van der Waals surface area contributed by atoms with E-state index in [1.807, 2.05) is 6.07 Å². The molecule has 1 fully saturated rings. The fourth-order valence-corrected chi connectivity index (χ4v) is 2.92. The maximum atomic E-state index is 12.1. The molecule has 5 nitrogen and oxygen atoms in total. The van der Waals surface area contributed by atoms with Gasteiger partial charge in [0.05, 0.1) is 6.42 Å². The number of guanidine groups is 1. The van der Waals surface area contributed by atoms with E-state index in [1.165, 1.54) is 5.69 Å². The van der Waals surface area contributed by atoms with Crippen molar-refractivity contribution in [3.63, 3.8) is 0 Å². The van der Waals surface area contributed by atoms with E-state index in [1.54, 1.807) is 7.05 Å². The summed E-state index contributed by atoms with van der Waals surface area (Å²) in [5.74, 6) is 0.420. The third kappa shape index (κ3) is 9.50. The van der Waals surface area contributed by atoms with Gasteiger partial charge >= 0.3 is 6.18 Å². The molecule has 0 atom stereocenters. The standard InChI is InChI=1S/C18H28F3N5.HI/c1-22-17(24-10-8-18(19,20)21)23-9-5-11-25-12-14-26(15-13-25)16-6-3-2-4-7-16;/h2-4,6-7H,5,8-15H2,1H3,(H2,22,23,24);1H. The number of alkyl halides is 3. The predicted octanol–water partition coefficient (Wildman–Crippen LogP) is 2.93. The lowest BCUT2D eigenvalue weighted by atomic mass is 10.2. The molecule has 0 aliphatic carbocycles. The molecule has 1 aromatic rings. The van der Waals surface area contributed by atoms with Crippen LogP contribution < -0.4 is 15.5 Å². The summed E-state index contributed by atoms with van der Waals surface area (Å²) in [5.41, 5.74) is 1.27. The Morgan fingerprint density at radius 1 is 1.04 bits per heavy atom. The minimum Gasteiger partial charge on any atom is -0.369 e. The Morgan fingerprint density at radius 2 is 1.67 bits per heavy atom. The van der Waals surface area contributed by atoms with Crippen LogP contribution in [0, 0.1) is 0 Å². The maximum Gasteiger partial charge on any atom is 0.390 e. The Hall–Kier alpha value is -1.23. The van der Waals surface area contributed by atoms with Gasteiger partial charge < -0.3 is 15.5 Å². The Balaban J connectivity index is 0.00000364. The molecule has 2 rings (SSSR count). The molecule has 1 heterocycles. The Kier molecular flexibility index (Phi) is 10.8. The van der Waals surface area contributed by atoms with Crippen molar-refractivity contribution >= 4 is 35.6 Å². The monoisotopic (exact) mass is 499 g/mol. The SMILES string of the molecule is CN=C(NCCCN1CCN(c2ccccc2)CC1)NCCC(F)(F)F.I. The number of aliphatic imine (C=N–C) groups is 1. The number of hydrogen-bond acceptors (Lipinski definition) is 3. The van der Waals surface area contributed by atoms with E-state index >= 15 is 0 Å². The van der Waals surface area contributed by atoms with Gasteiger partial charge in [0.1, 0.15) is 0 Å². The zero-order valence-electron chi connectivity index (χ0n) is 15.6. The van der Waals surface area contributed by atoms with Gasteiger partial charge in [-0.3, -0.25) is 9.89 Å². The molecule has 0 unspecified atom stereocenters. The van der Waals surface area contributed by atoms with Crippen molar-refractivity contribution in [2.24, 2.45) is 4.99 Å². The Labute approximate surface area is 176 Å². The highest BCUT2D eigenvalue weighted by molar-refractivity contribution is 14.0. The highest BCUT2D eigenvalue weighted by Crippen LogP contribution is 2.18. The molecule has 0 radical (unpaired) electrons. The molecule has 0 bridgehead atoms. The Bertz CT molecular complexity index is 546. The van der Waals surface area contributed by atoms with E-state index in [-0.39, 0.29) is 30.5 Å². The molecule has 0 saturated carbocycles. The fourth-order valence-electron chi connectivity index (χ4n) is 2.92. The number of nitrogens with zero attached hydrogens (tertiary/aromatic N) is 3. The van der Waals surface area contributed by atoms with Gasteiger partial charge in [-0.25, -0.2) is 0 Å². The summed E-state index contributed by atoms with van der Waals surface area (Å²) in [5, 5.41) is 5.75. The van der Waals surface area contributed by atoms with Gasteiger partial charge in [-0.1, -0.05) is 18.2 Å². The number of nitrogens with one attached hydrogen (secondary N) is 2. The van der Waals surface area contributed by atoms with Gasteiger partial charge in [0.25, 0.3) is 0 Å². The number of rotatable bonds is 7. The third-order valence-corrected chi connectivity index (χ3v) is 4.36. The predicted molar refractivity (Wildman–Crippen MR) is 115 cm³/mol. The van der Waals surface area contributed by atoms with Crippen molar-refractivity contribution in [3.05, 3.63) is 30.3 Å². The van der Waals surface area contributed by atoms with Gasteiger partial charge in [-0.2, -0.15) is 13.2 Å². The van der Waals surface area contributed by atoms with Crippen molar-refractivity contribution in [3.8, 4) is 0 Å². The summed E-state index contributed by atoms with van der Waals surface area (Å²) in [7, 11) is 1.56. The normalized spacial score (nSPS) is 16.0. The first-order chi connectivity index (χ1) is 12.5. The number of anilines is 1. The summed E-state index contributed by atoms with van der Waals surface area (Å²) >= 11 is 0. The van der Waals surface area contributed by atoms with Crippen LogP contribution in [0.4, 0.5) is 18.9 Å². The van der Waals surface area contributed by atoms with Gasteiger partial charge in [-0.15, -0.1) is 24.0 Å². The lowest BCUT2D eigenvalue weighted by Crippen LogP contribution is -2.47. The van der Waals surface area contributed by atoms with Crippen LogP contribution in [0.3, 0.4) is 0 Å². The molecular weight excluding hydrogens is 470 g/mol. The van der Waals surface area contributed by atoms with Crippen molar-refractivity contribution in [1.29, 1.82) is 0 Å². The van der Waals surface area contributed by atoms with E-state index in [0.29, 0.717) is 12.5 Å². The molecule has 0 amide bonds. The molecule has 1 aliphatic rings. The summed E-state index contributed by atoms with van der Waals surface area (Å²) in [6.45, 7) is 5.56. The zero-order valence-corrected chi connectivity index (χ0v) is 18.0. The lowest BCUT2D eigenvalue weighted by Gasteiger charge is -2.36. The molecule has 9 heteroatoms. The van der Waals surface area contributed by atoms with Crippen LogP contribution in [-0.4, -0.2) is 69.9 Å². The number of benzene rings is 1. The molecular formula is C18H29F3IN5. The van der Waals surface area contributed by atoms with E-state index in [0.717, 1.165) is 39.1 Å². The summed E-state index contributed by atoms with van der Waals surface area (Å²) < 4.78 is 36.4. The van der Waals surface area contributed by atoms with Gasteiger partial charge in [0.2, 0.25) is 0 Å². The van der Waals surface area contributed by atoms with Crippen LogP contribution in [0.1, 0.15) is 12.8 Å². The van der Waals surface area contributed by atoms with Crippen molar-refractivity contribution in [2.45, 2.75) is 19.0 Å². The average Bonchev–Trinajstić information content (AvgIpc) is 2.64. The zero-order chi connectivity index (χ0) is 18.8. The summed E-state index contributed by atoms with van der Waals surface area (Å²) in [6.07, 6.45) is -4.08. The van der Waals surface area contributed by atoms with E-state index < -0.39 is 12.6 Å². The minimum absolute atomic E-state index is 0.